The molecule has 154 valence electrons. The molecule has 2 aliphatic rings. The van der Waals surface area contributed by atoms with Crippen LogP contribution in [0.15, 0.2) is 29.2 Å². The summed E-state index contributed by atoms with van der Waals surface area (Å²) < 4.78 is 37.6. The summed E-state index contributed by atoms with van der Waals surface area (Å²) in [5.41, 5.74) is 0.187. The van der Waals surface area contributed by atoms with Crippen molar-refractivity contribution in [2.24, 2.45) is 0 Å². The maximum Gasteiger partial charge on any atom is 0.338 e. The molecule has 9 heteroatoms. The van der Waals surface area contributed by atoms with Gasteiger partial charge in [0.05, 0.1) is 16.6 Å². The lowest BCUT2D eigenvalue weighted by atomic mass is 10.2. The molecule has 0 unspecified atom stereocenters. The Balaban J connectivity index is 1.48. The molecule has 1 atom stereocenters. The molecule has 8 nitrogen and oxygen atoms in total. The van der Waals surface area contributed by atoms with Gasteiger partial charge in [0, 0.05) is 19.2 Å². The fourth-order valence-corrected chi connectivity index (χ4v) is 4.48. The van der Waals surface area contributed by atoms with Crippen molar-refractivity contribution in [3.05, 3.63) is 29.8 Å². The molecule has 1 saturated carbocycles. The topological polar surface area (TPSA) is 111 Å². The van der Waals surface area contributed by atoms with E-state index in [1.165, 1.54) is 24.3 Å². The van der Waals surface area contributed by atoms with Crippen LogP contribution in [0.1, 0.15) is 48.9 Å². The molecule has 0 aromatic heterocycles. The zero-order valence-electron chi connectivity index (χ0n) is 15.7. The highest BCUT2D eigenvalue weighted by atomic mass is 32.2. The first-order valence-electron chi connectivity index (χ1n) is 9.62. The van der Waals surface area contributed by atoms with E-state index in [4.69, 9.17) is 9.47 Å². The van der Waals surface area contributed by atoms with E-state index in [-0.39, 0.29) is 41.7 Å². The van der Waals surface area contributed by atoms with E-state index in [1.54, 1.807) is 0 Å². The molecule has 1 aromatic rings. The maximum atomic E-state index is 12.3. The van der Waals surface area contributed by atoms with Gasteiger partial charge in [-0.1, -0.05) is 12.8 Å². The molecule has 1 saturated heterocycles. The molecule has 0 bridgehead atoms. The van der Waals surface area contributed by atoms with Crippen LogP contribution in [0.4, 0.5) is 0 Å². The first kappa shape index (κ1) is 20.8. The van der Waals surface area contributed by atoms with Crippen LogP contribution >= 0.6 is 0 Å². The number of sulfonamides is 1. The third-order valence-corrected chi connectivity index (χ3v) is 6.42. The molecular formula is C19H26N2O6S. The quantitative estimate of drug-likeness (QED) is 0.626. The van der Waals surface area contributed by atoms with Crippen molar-refractivity contribution >= 4 is 21.9 Å². The minimum Gasteiger partial charge on any atom is -0.452 e. The Kier molecular flexibility index (Phi) is 7.03. The van der Waals surface area contributed by atoms with Gasteiger partial charge in [-0.3, -0.25) is 4.79 Å². The molecule has 1 aliphatic heterocycles. The Morgan fingerprint density at radius 2 is 1.79 bits per heavy atom. The third-order valence-electron chi connectivity index (χ3n) is 4.98. The summed E-state index contributed by atoms with van der Waals surface area (Å²) in [7, 11) is -3.68. The highest BCUT2D eigenvalue weighted by Crippen LogP contribution is 2.17. The van der Waals surface area contributed by atoms with Gasteiger partial charge in [-0.25, -0.2) is 17.9 Å². The average Bonchev–Trinajstić information content (AvgIpc) is 3.39. The summed E-state index contributed by atoms with van der Waals surface area (Å²) in [5, 5.41) is 2.84. The Labute approximate surface area is 165 Å². The number of benzene rings is 1. The van der Waals surface area contributed by atoms with Crippen molar-refractivity contribution in [3.63, 3.8) is 0 Å². The van der Waals surface area contributed by atoms with E-state index in [0.717, 1.165) is 38.5 Å². The summed E-state index contributed by atoms with van der Waals surface area (Å²) in [6.07, 6.45) is 5.78. The van der Waals surface area contributed by atoms with E-state index in [0.29, 0.717) is 6.61 Å². The van der Waals surface area contributed by atoms with E-state index in [9.17, 15) is 18.0 Å². The number of esters is 1. The second-order valence-electron chi connectivity index (χ2n) is 7.14. The standard InChI is InChI=1S/C19H26N2O6S/c22-18(21-15-4-1-2-5-15)13-27-19(23)14-7-9-17(10-8-14)28(24,25)20-12-16-6-3-11-26-16/h7-10,15-16,20H,1-6,11-13H2,(H,21,22)/t16-/m1/s1. The zero-order chi connectivity index (χ0) is 20.0. The van der Waals surface area contributed by atoms with Gasteiger partial charge in [-0.15, -0.1) is 0 Å². The van der Waals surface area contributed by atoms with Gasteiger partial charge in [-0.05, 0) is 49.9 Å². The minimum absolute atomic E-state index is 0.0565. The lowest BCUT2D eigenvalue weighted by molar-refractivity contribution is -0.124. The maximum absolute atomic E-state index is 12.3. The van der Waals surface area contributed by atoms with Gasteiger partial charge in [0.15, 0.2) is 6.61 Å². The molecule has 3 rings (SSSR count). The molecule has 0 radical (unpaired) electrons. The fraction of sp³-hybridized carbons (Fsp3) is 0.579. The van der Waals surface area contributed by atoms with Gasteiger partial charge < -0.3 is 14.8 Å². The number of hydrogen-bond acceptors (Lipinski definition) is 6. The predicted octanol–water partition coefficient (Wildman–Crippen LogP) is 1.36. The Morgan fingerprint density at radius 1 is 1.07 bits per heavy atom. The molecule has 0 spiro atoms. The van der Waals surface area contributed by atoms with E-state index < -0.39 is 16.0 Å². The van der Waals surface area contributed by atoms with Crippen molar-refractivity contribution in [1.29, 1.82) is 0 Å². The molecule has 2 fully saturated rings. The Hall–Kier alpha value is -1.97. The van der Waals surface area contributed by atoms with Crippen molar-refractivity contribution in [2.75, 3.05) is 19.8 Å². The lowest BCUT2D eigenvalue weighted by Crippen LogP contribution is -2.35. The van der Waals surface area contributed by atoms with Crippen LogP contribution in [0.3, 0.4) is 0 Å². The second-order valence-corrected chi connectivity index (χ2v) is 8.90. The fourth-order valence-electron chi connectivity index (χ4n) is 3.42. The lowest BCUT2D eigenvalue weighted by Gasteiger charge is -2.12. The van der Waals surface area contributed by atoms with E-state index in [2.05, 4.69) is 10.0 Å². The molecule has 28 heavy (non-hydrogen) atoms. The number of nitrogens with one attached hydrogen (secondary N) is 2. The summed E-state index contributed by atoms with van der Waals surface area (Å²) in [5.74, 6) is -0.990. The Bertz CT molecular complexity index is 781. The normalized spacial score (nSPS) is 20.2. The number of hydrogen-bond donors (Lipinski definition) is 2. The number of rotatable bonds is 8. The monoisotopic (exact) mass is 410 g/mol. The molecule has 1 heterocycles. The van der Waals surface area contributed by atoms with Crippen molar-refractivity contribution < 1.29 is 27.5 Å². The van der Waals surface area contributed by atoms with Crippen LogP contribution < -0.4 is 10.0 Å². The van der Waals surface area contributed by atoms with Crippen molar-refractivity contribution in [3.8, 4) is 0 Å². The average molecular weight is 410 g/mol. The summed E-state index contributed by atoms with van der Waals surface area (Å²) in [4.78, 5) is 23.9. The number of ether oxygens (including phenoxy) is 2. The van der Waals surface area contributed by atoms with Gasteiger partial charge in [0.2, 0.25) is 10.0 Å². The van der Waals surface area contributed by atoms with Crippen LogP contribution in [0, 0.1) is 0 Å². The second kappa shape index (κ2) is 9.49. The molecule has 1 aromatic carbocycles. The summed E-state index contributed by atoms with van der Waals surface area (Å²) >= 11 is 0. The number of carbonyl (C=O) groups is 2. The van der Waals surface area contributed by atoms with Crippen molar-refractivity contribution in [2.45, 2.75) is 55.6 Å². The molecule has 1 amide bonds. The van der Waals surface area contributed by atoms with Crippen LogP contribution in [0.25, 0.3) is 0 Å². The highest BCUT2D eigenvalue weighted by molar-refractivity contribution is 7.89. The SMILES string of the molecule is O=C(COC(=O)c1ccc(S(=O)(=O)NC[C@H]2CCCO2)cc1)NC1CCCC1. The van der Waals surface area contributed by atoms with Crippen LogP contribution in [-0.2, 0) is 24.3 Å². The van der Waals surface area contributed by atoms with E-state index >= 15 is 0 Å². The smallest absolute Gasteiger partial charge is 0.338 e. The zero-order valence-corrected chi connectivity index (χ0v) is 16.5. The summed E-state index contributed by atoms with van der Waals surface area (Å²) in [6.45, 7) is 0.530. The Morgan fingerprint density at radius 3 is 2.43 bits per heavy atom. The molecule has 1 aliphatic carbocycles. The third kappa shape index (κ3) is 5.76. The van der Waals surface area contributed by atoms with Gasteiger partial charge >= 0.3 is 5.97 Å². The van der Waals surface area contributed by atoms with Gasteiger partial charge in [-0.2, -0.15) is 0 Å². The van der Waals surface area contributed by atoms with E-state index in [1.807, 2.05) is 0 Å². The first-order valence-corrected chi connectivity index (χ1v) is 11.1. The predicted molar refractivity (Wildman–Crippen MR) is 101 cm³/mol. The molecule has 2 N–H and O–H groups in total. The molecular weight excluding hydrogens is 384 g/mol. The minimum atomic E-state index is -3.68. The number of carbonyl (C=O) groups excluding carboxylic acids is 2. The van der Waals surface area contributed by atoms with Crippen LogP contribution in [0.5, 0.6) is 0 Å². The largest absolute Gasteiger partial charge is 0.452 e. The first-order chi connectivity index (χ1) is 13.4. The van der Waals surface area contributed by atoms with Gasteiger partial charge in [0.1, 0.15) is 0 Å². The van der Waals surface area contributed by atoms with Crippen LogP contribution in [0.2, 0.25) is 0 Å². The number of amides is 1. The van der Waals surface area contributed by atoms with Crippen molar-refractivity contribution in [1.82, 2.24) is 10.0 Å². The summed E-state index contributed by atoms with van der Waals surface area (Å²) in [6, 6.07) is 5.59. The van der Waals surface area contributed by atoms with Crippen LogP contribution in [-0.4, -0.2) is 52.2 Å². The van der Waals surface area contributed by atoms with Gasteiger partial charge in [0.25, 0.3) is 5.91 Å². The highest BCUT2D eigenvalue weighted by Gasteiger charge is 2.21.